The highest BCUT2D eigenvalue weighted by molar-refractivity contribution is 7.89. The van der Waals surface area contributed by atoms with Crippen molar-refractivity contribution in [1.29, 1.82) is 0 Å². The lowest BCUT2D eigenvalue weighted by atomic mass is 10.0. The molecule has 1 atom stereocenters. The molecular weight excluding hydrogens is 442 g/mol. The molecule has 1 aliphatic rings. The van der Waals surface area contributed by atoms with Crippen LogP contribution in [-0.4, -0.2) is 36.7 Å². The fraction of sp³-hybridized carbons (Fsp3) is 0.250. The van der Waals surface area contributed by atoms with Crippen molar-refractivity contribution in [3.63, 3.8) is 0 Å². The van der Waals surface area contributed by atoms with Gasteiger partial charge < -0.3 is 0 Å². The van der Waals surface area contributed by atoms with Gasteiger partial charge in [-0.15, -0.1) is 0 Å². The number of hydrogen-bond donors (Lipinski definition) is 1. The number of anilines is 1. The van der Waals surface area contributed by atoms with E-state index in [1.807, 2.05) is 36.4 Å². The molecule has 1 aromatic heterocycles. The molecule has 4 aromatic rings. The van der Waals surface area contributed by atoms with E-state index in [4.69, 9.17) is 0 Å². The molecule has 164 valence electrons. The number of hydrogen-bond acceptors (Lipinski definition) is 5. The summed E-state index contributed by atoms with van der Waals surface area (Å²) in [6.07, 6.45) is 1.92. The van der Waals surface area contributed by atoms with Gasteiger partial charge in [0.15, 0.2) is 5.13 Å². The highest BCUT2D eigenvalue weighted by Crippen LogP contribution is 2.32. The Kier molecular flexibility index (Phi) is 5.44. The summed E-state index contributed by atoms with van der Waals surface area (Å²) in [5.41, 5.74) is 1.25. The van der Waals surface area contributed by atoms with Gasteiger partial charge in [-0.05, 0) is 54.5 Å². The third kappa shape index (κ3) is 3.90. The van der Waals surface area contributed by atoms with Crippen LogP contribution in [0, 0.1) is 5.92 Å². The van der Waals surface area contributed by atoms with E-state index >= 15 is 0 Å². The second-order valence-corrected chi connectivity index (χ2v) is 11.2. The van der Waals surface area contributed by atoms with Gasteiger partial charge in [-0.2, -0.15) is 4.31 Å². The summed E-state index contributed by atoms with van der Waals surface area (Å²) < 4.78 is 28.4. The van der Waals surface area contributed by atoms with Crippen LogP contribution in [0.1, 0.15) is 30.1 Å². The zero-order valence-electron chi connectivity index (χ0n) is 17.6. The van der Waals surface area contributed by atoms with Crippen LogP contribution in [-0.2, 0) is 10.0 Å². The number of rotatable bonds is 4. The number of carbonyl (C=O) groups excluding carboxylic acids is 1. The first-order valence-electron chi connectivity index (χ1n) is 10.6. The minimum atomic E-state index is -3.54. The standard InChI is InChI=1S/C24H23N3O3S2/c1-16-5-4-14-27(15-16)32(29,30)19-11-8-18(9-12-19)23(28)26-24-25-22-20-7-3-2-6-17(20)10-13-21(22)31-24/h2-3,6-13,16H,4-5,14-15H2,1H3,(H,25,26,28)/t16-/m1/s1. The maximum absolute atomic E-state index is 12.9. The first-order valence-corrected chi connectivity index (χ1v) is 12.9. The Morgan fingerprint density at radius 1 is 1.09 bits per heavy atom. The van der Waals surface area contributed by atoms with Crippen molar-refractivity contribution >= 4 is 53.4 Å². The van der Waals surface area contributed by atoms with Crippen molar-refractivity contribution in [1.82, 2.24) is 9.29 Å². The minimum Gasteiger partial charge on any atom is -0.298 e. The van der Waals surface area contributed by atoms with Crippen LogP contribution in [0.25, 0.3) is 21.0 Å². The zero-order valence-corrected chi connectivity index (χ0v) is 19.2. The van der Waals surface area contributed by atoms with Gasteiger partial charge in [0, 0.05) is 24.0 Å². The number of amides is 1. The van der Waals surface area contributed by atoms with Gasteiger partial charge in [-0.1, -0.05) is 48.6 Å². The van der Waals surface area contributed by atoms with E-state index in [0.717, 1.165) is 33.8 Å². The molecule has 1 saturated heterocycles. The number of nitrogens with zero attached hydrogens (tertiary/aromatic N) is 2. The summed E-state index contributed by atoms with van der Waals surface area (Å²) in [5, 5.41) is 5.51. The number of thiazole rings is 1. The Bertz CT molecular complexity index is 1410. The molecule has 1 N–H and O–H groups in total. The third-order valence-corrected chi connectivity index (χ3v) is 8.69. The lowest BCUT2D eigenvalue weighted by Gasteiger charge is -2.30. The Balaban J connectivity index is 1.35. The summed E-state index contributed by atoms with van der Waals surface area (Å²) in [7, 11) is -3.54. The summed E-state index contributed by atoms with van der Waals surface area (Å²) in [4.78, 5) is 17.6. The molecule has 6 nitrogen and oxygen atoms in total. The SMILES string of the molecule is C[C@@H]1CCCN(S(=O)(=O)c2ccc(C(=O)Nc3nc4c(ccc5ccccc54)s3)cc2)C1. The van der Waals surface area contributed by atoms with Crippen molar-refractivity contribution in [2.24, 2.45) is 5.92 Å². The number of sulfonamides is 1. The van der Waals surface area contributed by atoms with E-state index in [9.17, 15) is 13.2 Å². The largest absolute Gasteiger partial charge is 0.298 e. The van der Waals surface area contributed by atoms with Crippen molar-refractivity contribution in [2.75, 3.05) is 18.4 Å². The summed E-state index contributed by atoms with van der Waals surface area (Å²) >= 11 is 1.42. The second-order valence-electron chi connectivity index (χ2n) is 8.24. The molecule has 0 radical (unpaired) electrons. The summed E-state index contributed by atoms with van der Waals surface area (Å²) in [6.45, 7) is 3.15. The monoisotopic (exact) mass is 465 g/mol. The molecule has 32 heavy (non-hydrogen) atoms. The van der Waals surface area contributed by atoms with Crippen molar-refractivity contribution in [3.8, 4) is 0 Å². The van der Waals surface area contributed by atoms with Crippen LogP contribution in [0.2, 0.25) is 0 Å². The fourth-order valence-corrected chi connectivity index (χ4v) is 6.65. The molecule has 0 aliphatic carbocycles. The number of aromatic nitrogens is 1. The molecule has 0 bridgehead atoms. The molecular formula is C24H23N3O3S2. The average Bonchev–Trinajstić information content (AvgIpc) is 3.22. The smallest absolute Gasteiger partial charge is 0.257 e. The number of benzene rings is 3. The number of piperidine rings is 1. The van der Waals surface area contributed by atoms with E-state index in [1.54, 1.807) is 16.4 Å². The topological polar surface area (TPSA) is 79.4 Å². The molecule has 0 spiro atoms. The van der Waals surface area contributed by atoms with E-state index in [1.165, 1.54) is 23.5 Å². The second kappa shape index (κ2) is 8.27. The number of nitrogens with one attached hydrogen (secondary N) is 1. The lowest BCUT2D eigenvalue weighted by molar-refractivity contribution is 0.102. The van der Waals surface area contributed by atoms with Gasteiger partial charge in [0.2, 0.25) is 10.0 Å². The van der Waals surface area contributed by atoms with Crippen LogP contribution in [0.3, 0.4) is 0 Å². The molecule has 1 amide bonds. The Morgan fingerprint density at radius 3 is 2.66 bits per heavy atom. The quantitative estimate of drug-likeness (QED) is 0.454. The first-order chi connectivity index (χ1) is 15.4. The van der Waals surface area contributed by atoms with Crippen LogP contribution < -0.4 is 5.32 Å². The molecule has 0 saturated carbocycles. The van der Waals surface area contributed by atoms with E-state index in [-0.39, 0.29) is 10.8 Å². The van der Waals surface area contributed by atoms with Crippen molar-refractivity contribution < 1.29 is 13.2 Å². The van der Waals surface area contributed by atoms with Crippen molar-refractivity contribution in [3.05, 3.63) is 66.2 Å². The average molecular weight is 466 g/mol. The predicted molar refractivity (Wildman–Crippen MR) is 129 cm³/mol. The first kappa shape index (κ1) is 21.1. The Labute approximate surface area is 190 Å². The van der Waals surface area contributed by atoms with Crippen molar-refractivity contribution in [2.45, 2.75) is 24.7 Å². The summed E-state index contributed by atoms with van der Waals surface area (Å²) in [5.74, 6) is 0.0402. The van der Waals surface area contributed by atoms with E-state index in [0.29, 0.717) is 29.7 Å². The van der Waals surface area contributed by atoms with Crippen LogP contribution >= 0.6 is 11.3 Å². The molecule has 1 fully saturated rings. The molecule has 3 aromatic carbocycles. The number of carbonyl (C=O) groups is 1. The van der Waals surface area contributed by atoms with Crippen LogP contribution in [0.15, 0.2) is 65.6 Å². The number of fused-ring (bicyclic) bond motifs is 3. The Hall–Kier alpha value is -2.81. The fourth-order valence-electron chi connectivity index (χ4n) is 4.18. The minimum absolute atomic E-state index is 0.217. The van der Waals surface area contributed by atoms with Gasteiger partial charge in [0.05, 0.1) is 15.1 Å². The maximum atomic E-state index is 12.9. The van der Waals surface area contributed by atoms with E-state index < -0.39 is 10.0 Å². The predicted octanol–water partition coefficient (Wildman–Crippen LogP) is 5.12. The normalized spacial score (nSPS) is 17.6. The van der Waals surface area contributed by atoms with Crippen LogP contribution in [0.4, 0.5) is 5.13 Å². The summed E-state index contributed by atoms with van der Waals surface area (Å²) in [6, 6.07) is 18.2. The van der Waals surface area contributed by atoms with Gasteiger partial charge in [0.25, 0.3) is 5.91 Å². The van der Waals surface area contributed by atoms with Gasteiger partial charge in [-0.3, -0.25) is 10.1 Å². The van der Waals surface area contributed by atoms with Gasteiger partial charge in [0.1, 0.15) is 0 Å². The van der Waals surface area contributed by atoms with Gasteiger partial charge in [-0.25, -0.2) is 13.4 Å². The molecule has 1 aliphatic heterocycles. The molecule has 8 heteroatoms. The highest BCUT2D eigenvalue weighted by Gasteiger charge is 2.28. The van der Waals surface area contributed by atoms with Crippen LogP contribution in [0.5, 0.6) is 0 Å². The molecule has 2 heterocycles. The lowest BCUT2D eigenvalue weighted by Crippen LogP contribution is -2.39. The maximum Gasteiger partial charge on any atom is 0.257 e. The van der Waals surface area contributed by atoms with E-state index in [2.05, 4.69) is 17.2 Å². The molecule has 5 rings (SSSR count). The highest BCUT2D eigenvalue weighted by atomic mass is 32.2. The zero-order chi connectivity index (χ0) is 22.3. The molecule has 0 unspecified atom stereocenters. The Morgan fingerprint density at radius 2 is 1.88 bits per heavy atom. The van der Waals surface area contributed by atoms with Gasteiger partial charge >= 0.3 is 0 Å². The third-order valence-electron chi connectivity index (χ3n) is 5.88.